The molecule has 0 aromatic heterocycles. The number of nitrogens with one attached hydrogen (secondary N) is 2. The fraction of sp³-hybridized carbons (Fsp3) is 0.360. The summed E-state index contributed by atoms with van der Waals surface area (Å²) >= 11 is 0. The number of carboxylic acid groups (broad SMARTS) is 1. The van der Waals surface area contributed by atoms with Crippen LogP contribution in [0.2, 0.25) is 0 Å². The minimum absolute atomic E-state index is 0.0921. The summed E-state index contributed by atoms with van der Waals surface area (Å²) in [4.78, 5) is 47.8. The molecular formula is C25H28N2O7. The van der Waals surface area contributed by atoms with Gasteiger partial charge in [0.2, 0.25) is 5.91 Å². The number of esters is 1. The summed E-state index contributed by atoms with van der Waals surface area (Å²) in [6, 6.07) is 13.6. The number of alkyl carbamates (subject to hydrolysis) is 1. The van der Waals surface area contributed by atoms with Crippen molar-refractivity contribution < 1.29 is 33.8 Å². The molecule has 2 aromatic rings. The maximum atomic E-state index is 12.6. The van der Waals surface area contributed by atoms with Crippen LogP contribution < -0.4 is 10.6 Å². The SMILES string of the molecule is CCC(NC(=O)OCC1c2ccccc2-c2ccccc21)C(=O)NC(CCC(=O)OC)C(=O)O. The second kappa shape index (κ2) is 11.3. The van der Waals surface area contributed by atoms with Crippen LogP contribution in [0.4, 0.5) is 4.79 Å². The average molecular weight is 469 g/mol. The number of hydrogen-bond acceptors (Lipinski definition) is 6. The van der Waals surface area contributed by atoms with Crippen LogP contribution in [0.3, 0.4) is 0 Å². The van der Waals surface area contributed by atoms with Gasteiger partial charge in [-0.15, -0.1) is 0 Å². The highest BCUT2D eigenvalue weighted by molar-refractivity contribution is 5.89. The number of carboxylic acids is 1. The first kappa shape index (κ1) is 24.8. The Morgan fingerprint density at radius 1 is 0.941 bits per heavy atom. The number of rotatable bonds is 10. The van der Waals surface area contributed by atoms with Crippen molar-refractivity contribution in [3.8, 4) is 11.1 Å². The minimum atomic E-state index is -1.29. The lowest BCUT2D eigenvalue weighted by Gasteiger charge is -2.21. The lowest BCUT2D eigenvalue weighted by molar-refractivity contribution is -0.144. The molecule has 9 nitrogen and oxygen atoms in total. The predicted octanol–water partition coefficient (Wildman–Crippen LogP) is 2.83. The van der Waals surface area contributed by atoms with Crippen molar-refractivity contribution in [1.82, 2.24) is 10.6 Å². The molecule has 0 radical (unpaired) electrons. The van der Waals surface area contributed by atoms with Crippen LogP contribution in [0, 0.1) is 0 Å². The van der Waals surface area contributed by atoms with Gasteiger partial charge in [-0.25, -0.2) is 9.59 Å². The van der Waals surface area contributed by atoms with Gasteiger partial charge in [-0.1, -0.05) is 55.5 Å². The Labute approximate surface area is 197 Å². The molecule has 2 aromatic carbocycles. The molecule has 0 aliphatic heterocycles. The zero-order chi connectivity index (χ0) is 24.7. The van der Waals surface area contributed by atoms with Crippen molar-refractivity contribution in [2.45, 2.75) is 44.2 Å². The van der Waals surface area contributed by atoms with Crippen LogP contribution in [0.15, 0.2) is 48.5 Å². The van der Waals surface area contributed by atoms with E-state index in [0.717, 1.165) is 22.3 Å². The van der Waals surface area contributed by atoms with Crippen LogP contribution in [0.5, 0.6) is 0 Å². The Balaban J connectivity index is 1.58. The van der Waals surface area contributed by atoms with Crippen molar-refractivity contribution >= 4 is 23.9 Å². The molecule has 3 rings (SSSR count). The number of aliphatic carboxylic acids is 1. The quantitative estimate of drug-likeness (QED) is 0.457. The van der Waals surface area contributed by atoms with Crippen LogP contribution in [-0.4, -0.2) is 54.8 Å². The van der Waals surface area contributed by atoms with Gasteiger partial charge in [0, 0.05) is 12.3 Å². The third-order valence-electron chi connectivity index (χ3n) is 5.84. The zero-order valence-corrected chi connectivity index (χ0v) is 19.1. The van der Waals surface area contributed by atoms with Gasteiger partial charge in [0.25, 0.3) is 0 Å². The highest BCUT2D eigenvalue weighted by atomic mass is 16.5. The van der Waals surface area contributed by atoms with Gasteiger partial charge >= 0.3 is 18.0 Å². The van der Waals surface area contributed by atoms with Gasteiger partial charge in [0.05, 0.1) is 7.11 Å². The van der Waals surface area contributed by atoms with E-state index >= 15 is 0 Å². The first-order valence-corrected chi connectivity index (χ1v) is 11.1. The number of benzene rings is 2. The molecule has 0 fully saturated rings. The molecule has 3 N–H and O–H groups in total. The monoisotopic (exact) mass is 468 g/mol. The Morgan fingerprint density at radius 3 is 2.06 bits per heavy atom. The van der Waals surface area contributed by atoms with E-state index in [0.29, 0.717) is 0 Å². The molecule has 34 heavy (non-hydrogen) atoms. The van der Waals surface area contributed by atoms with Gasteiger partial charge in [-0.2, -0.15) is 0 Å². The molecule has 2 amide bonds. The second-order valence-corrected chi connectivity index (χ2v) is 7.94. The Bertz CT molecular complexity index is 1020. The Kier molecular flexibility index (Phi) is 8.24. The summed E-state index contributed by atoms with van der Waals surface area (Å²) in [5.41, 5.74) is 4.33. The van der Waals surface area contributed by atoms with E-state index in [2.05, 4.69) is 15.4 Å². The lowest BCUT2D eigenvalue weighted by Crippen LogP contribution is -2.51. The van der Waals surface area contributed by atoms with E-state index in [4.69, 9.17) is 4.74 Å². The topological polar surface area (TPSA) is 131 Å². The van der Waals surface area contributed by atoms with Gasteiger partial charge < -0.3 is 25.2 Å². The maximum Gasteiger partial charge on any atom is 0.407 e. The first-order chi connectivity index (χ1) is 16.3. The van der Waals surface area contributed by atoms with Crippen LogP contribution >= 0.6 is 0 Å². The predicted molar refractivity (Wildman–Crippen MR) is 123 cm³/mol. The molecule has 1 aliphatic rings. The molecule has 0 bridgehead atoms. The fourth-order valence-corrected chi connectivity index (χ4v) is 4.03. The lowest BCUT2D eigenvalue weighted by atomic mass is 9.98. The molecule has 0 heterocycles. The van der Waals surface area contributed by atoms with Crippen LogP contribution in [-0.2, 0) is 23.9 Å². The van der Waals surface area contributed by atoms with E-state index in [1.807, 2.05) is 48.5 Å². The molecule has 2 atom stereocenters. The first-order valence-electron chi connectivity index (χ1n) is 11.1. The highest BCUT2D eigenvalue weighted by Gasteiger charge is 2.30. The summed E-state index contributed by atoms with van der Waals surface area (Å²) in [6.45, 7) is 1.77. The number of fused-ring (bicyclic) bond motifs is 3. The molecule has 180 valence electrons. The molecule has 0 spiro atoms. The third-order valence-corrected chi connectivity index (χ3v) is 5.84. The smallest absolute Gasteiger partial charge is 0.407 e. The van der Waals surface area contributed by atoms with E-state index in [1.54, 1.807) is 6.92 Å². The highest BCUT2D eigenvalue weighted by Crippen LogP contribution is 2.44. The maximum absolute atomic E-state index is 12.6. The molecule has 2 unspecified atom stereocenters. The summed E-state index contributed by atoms with van der Waals surface area (Å²) in [7, 11) is 1.20. The number of hydrogen-bond donors (Lipinski definition) is 3. The standard InChI is InChI=1S/C25H28N2O7/c1-3-20(23(29)26-21(24(30)31)12-13-22(28)33-2)27-25(32)34-14-19-17-10-6-4-8-15(17)16-9-5-7-11-18(16)19/h4-11,19-21H,3,12-14H2,1-2H3,(H,26,29)(H,27,32)(H,30,31). The third kappa shape index (κ3) is 5.72. The van der Waals surface area contributed by atoms with Gasteiger partial charge in [-0.05, 0) is 35.1 Å². The number of carbonyl (C=O) groups is 4. The van der Waals surface area contributed by atoms with Gasteiger partial charge in [0.15, 0.2) is 0 Å². The molecule has 0 saturated carbocycles. The normalized spacial score (nSPS) is 13.7. The van der Waals surface area contributed by atoms with Crippen LogP contribution in [0.25, 0.3) is 11.1 Å². The van der Waals surface area contributed by atoms with Gasteiger partial charge in [-0.3, -0.25) is 9.59 Å². The van der Waals surface area contributed by atoms with Crippen molar-refractivity contribution in [2.75, 3.05) is 13.7 Å². The van der Waals surface area contributed by atoms with Crippen molar-refractivity contribution in [3.05, 3.63) is 59.7 Å². The van der Waals surface area contributed by atoms with E-state index in [-0.39, 0.29) is 31.8 Å². The largest absolute Gasteiger partial charge is 0.480 e. The molecule has 1 aliphatic carbocycles. The molecular weight excluding hydrogens is 440 g/mol. The minimum Gasteiger partial charge on any atom is -0.480 e. The van der Waals surface area contributed by atoms with Crippen molar-refractivity contribution in [1.29, 1.82) is 0 Å². The van der Waals surface area contributed by atoms with E-state index < -0.39 is 36.0 Å². The number of ether oxygens (including phenoxy) is 2. The second-order valence-electron chi connectivity index (χ2n) is 7.94. The van der Waals surface area contributed by atoms with Crippen molar-refractivity contribution in [3.63, 3.8) is 0 Å². The average Bonchev–Trinajstić information content (AvgIpc) is 3.16. The fourth-order valence-electron chi connectivity index (χ4n) is 4.03. The van der Waals surface area contributed by atoms with E-state index in [1.165, 1.54) is 7.11 Å². The molecule has 9 heteroatoms. The zero-order valence-electron chi connectivity index (χ0n) is 19.1. The number of amides is 2. The summed E-state index contributed by atoms with van der Waals surface area (Å²) in [5, 5.41) is 14.2. The van der Waals surface area contributed by atoms with Crippen molar-refractivity contribution in [2.24, 2.45) is 0 Å². The summed E-state index contributed by atoms with van der Waals surface area (Å²) in [6.07, 6.45) is -0.843. The summed E-state index contributed by atoms with van der Waals surface area (Å²) in [5.74, 6) is -2.66. The number of carbonyl (C=O) groups excluding carboxylic acids is 3. The van der Waals surface area contributed by atoms with Crippen LogP contribution in [0.1, 0.15) is 43.2 Å². The number of methoxy groups -OCH3 is 1. The summed E-state index contributed by atoms with van der Waals surface area (Å²) < 4.78 is 9.96. The Morgan fingerprint density at radius 2 is 1.53 bits per heavy atom. The Hall–Kier alpha value is -3.88. The van der Waals surface area contributed by atoms with E-state index in [9.17, 15) is 24.3 Å². The molecule has 0 saturated heterocycles. The van der Waals surface area contributed by atoms with Gasteiger partial charge in [0.1, 0.15) is 18.7 Å².